The highest BCUT2D eigenvalue weighted by Gasteiger charge is 2.34. The first-order valence-electron chi connectivity index (χ1n) is 6.75. The Hall–Kier alpha value is -0.900. The third-order valence-corrected chi connectivity index (χ3v) is 4.05. The zero-order chi connectivity index (χ0) is 12.3. The summed E-state index contributed by atoms with van der Waals surface area (Å²) in [6.07, 6.45) is 8.31. The van der Waals surface area contributed by atoms with Crippen LogP contribution in [0.2, 0.25) is 0 Å². The minimum atomic E-state index is -0.310. The summed E-state index contributed by atoms with van der Waals surface area (Å²) in [5.41, 5.74) is 5.32. The molecule has 2 N–H and O–H groups in total. The first kappa shape index (κ1) is 12.6. The Morgan fingerprint density at radius 1 is 1.18 bits per heavy atom. The molecular formula is C13H22N2O2. The molecule has 0 saturated heterocycles. The maximum Gasteiger partial charge on any atom is 0.231 e. The number of ketones is 1. The fraction of sp³-hybridized carbons (Fsp3) is 0.846. The van der Waals surface area contributed by atoms with Crippen molar-refractivity contribution >= 4 is 11.7 Å². The number of carbonyl (C=O) groups is 2. The summed E-state index contributed by atoms with van der Waals surface area (Å²) in [5.74, 6) is -0.000302. The van der Waals surface area contributed by atoms with Crippen LogP contribution in [0, 0.1) is 0 Å². The molecule has 0 aliphatic heterocycles. The molecule has 2 aliphatic carbocycles. The zero-order valence-electron chi connectivity index (χ0n) is 10.4. The van der Waals surface area contributed by atoms with Gasteiger partial charge in [0, 0.05) is 12.5 Å². The molecule has 1 unspecified atom stereocenters. The monoisotopic (exact) mass is 238 g/mol. The number of primary amides is 1. The van der Waals surface area contributed by atoms with Crippen molar-refractivity contribution in [2.24, 2.45) is 5.73 Å². The van der Waals surface area contributed by atoms with Crippen LogP contribution in [0.5, 0.6) is 0 Å². The molecule has 0 aromatic carbocycles. The van der Waals surface area contributed by atoms with Crippen LogP contribution in [0.1, 0.15) is 51.4 Å². The van der Waals surface area contributed by atoms with Gasteiger partial charge in [0.1, 0.15) is 5.78 Å². The molecule has 1 amide bonds. The highest BCUT2D eigenvalue weighted by atomic mass is 16.1. The lowest BCUT2D eigenvalue weighted by Crippen LogP contribution is -2.51. The minimum Gasteiger partial charge on any atom is -0.369 e. The van der Waals surface area contributed by atoms with Crippen molar-refractivity contribution < 1.29 is 9.59 Å². The number of nitrogens with zero attached hydrogens (tertiary/aromatic N) is 1. The largest absolute Gasteiger partial charge is 0.369 e. The summed E-state index contributed by atoms with van der Waals surface area (Å²) in [4.78, 5) is 25.3. The van der Waals surface area contributed by atoms with Gasteiger partial charge in [-0.25, -0.2) is 0 Å². The Bertz CT molecular complexity index is 298. The van der Waals surface area contributed by atoms with E-state index in [1.54, 1.807) is 0 Å². The van der Waals surface area contributed by atoms with Gasteiger partial charge < -0.3 is 5.73 Å². The third kappa shape index (κ3) is 3.06. The molecule has 2 saturated carbocycles. The SMILES string of the molecule is NC(=O)CN(C1CCCC1)C1CCCCC1=O. The van der Waals surface area contributed by atoms with Crippen LogP contribution in [0.15, 0.2) is 0 Å². The molecule has 2 fully saturated rings. The van der Waals surface area contributed by atoms with Crippen LogP contribution in [0.25, 0.3) is 0 Å². The molecule has 0 radical (unpaired) electrons. The number of rotatable bonds is 4. The van der Waals surface area contributed by atoms with Gasteiger partial charge in [0.05, 0.1) is 12.6 Å². The lowest BCUT2D eigenvalue weighted by Gasteiger charge is -2.36. The van der Waals surface area contributed by atoms with Crippen molar-refractivity contribution in [3.63, 3.8) is 0 Å². The fourth-order valence-electron chi connectivity index (χ4n) is 3.22. The Morgan fingerprint density at radius 3 is 2.41 bits per heavy atom. The Labute approximate surface area is 103 Å². The molecule has 2 rings (SSSR count). The summed E-state index contributed by atoms with van der Waals surface area (Å²) >= 11 is 0. The van der Waals surface area contributed by atoms with Gasteiger partial charge in [0.15, 0.2) is 0 Å². The highest BCUT2D eigenvalue weighted by Crippen LogP contribution is 2.29. The van der Waals surface area contributed by atoms with Gasteiger partial charge >= 0.3 is 0 Å². The van der Waals surface area contributed by atoms with Crippen molar-refractivity contribution in [2.75, 3.05) is 6.54 Å². The normalized spacial score (nSPS) is 26.6. The quantitative estimate of drug-likeness (QED) is 0.801. The van der Waals surface area contributed by atoms with Crippen LogP contribution in [0.4, 0.5) is 0 Å². The molecular weight excluding hydrogens is 216 g/mol. The van der Waals surface area contributed by atoms with E-state index in [-0.39, 0.29) is 18.5 Å². The summed E-state index contributed by atoms with van der Waals surface area (Å²) in [6, 6.07) is 0.355. The number of Topliss-reactive ketones (excluding diaryl/α,β-unsaturated/α-hetero) is 1. The Kier molecular flexibility index (Phi) is 4.15. The van der Waals surface area contributed by atoms with Gasteiger partial charge in [-0.3, -0.25) is 14.5 Å². The molecule has 0 aromatic rings. The summed E-state index contributed by atoms with van der Waals surface area (Å²) in [7, 11) is 0. The molecule has 4 nitrogen and oxygen atoms in total. The van der Waals surface area contributed by atoms with Gasteiger partial charge in [0.2, 0.25) is 5.91 Å². The highest BCUT2D eigenvalue weighted by molar-refractivity contribution is 5.85. The number of nitrogens with two attached hydrogens (primary N) is 1. The molecule has 2 aliphatic rings. The zero-order valence-corrected chi connectivity index (χ0v) is 10.4. The summed E-state index contributed by atoms with van der Waals surface area (Å²) in [6.45, 7) is 0.251. The van der Waals surface area contributed by atoms with E-state index in [1.807, 2.05) is 0 Å². The lowest BCUT2D eigenvalue weighted by atomic mass is 9.91. The van der Waals surface area contributed by atoms with Gasteiger partial charge in [-0.2, -0.15) is 0 Å². The maximum atomic E-state index is 12.0. The van der Waals surface area contributed by atoms with E-state index in [4.69, 9.17) is 5.73 Å². The van der Waals surface area contributed by atoms with E-state index in [0.717, 1.165) is 32.1 Å². The fourth-order valence-corrected chi connectivity index (χ4v) is 3.22. The molecule has 4 heteroatoms. The van der Waals surface area contributed by atoms with Crippen LogP contribution in [0.3, 0.4) is 0 Å². The van der Waals surface area contributed by atoms with Crippen molar-refractivity contribution in [2.45, 2.75) is 63.5 Å². The number of hydrogen-bond acceptors (Lipinski definition) is 3. The molecule has 0 heterocycles. The lowest BCUT2D eigenvalue weighted by molar-refractivity contribution is -0.129. The van der Waals surface area contributed by atoms with E-state index in [0.29, 0.717) is 18.2 Å². The van der Waals surface area contributed by atoms with E-state index in [1.165, 1.54) is 12.8 Å². The van der Waals surface area contributed by atoms with Crippen LogP contribution in [-0.2, 0) is 9.59 Å². The van der Waals surface area contributed by atoms with Crippen molar-refractivity contribution in [1.29, 1.82) is 0 Å². The molecule has 0 spiro atoms. The van der Waals surface area contributed by atoms with E-state index in [9.17, 15) is 9.59 Å². The summed E-state index contributed by atoms with van der Waals surface area (Å²) < 4.78 is 0. The minimum absolute atomic E-state index is 0.0423. The second-order valence-electron chi connectivity index (χ2n) is 5.30. The average molecular weight is 238 g/mol. The smallest absolute Gasteiger partial charge is 0.231 e. The molecule has 0 aromatic heterocycles. The Morgan fingerprint density at radius 2 is 1.82 bits per heavy atom. The van der Waals surface area contributed by atoms with Gasteiger partial charge in [0.25, 0.3) is 0 Å². The molecule has 96 valence electrons. The predicted octanol–water partition coefficient (Wildman–Crippen LogP) is 1.23. The van der Waals surface area contributed by atoms with Gasteiger partial charge in [-0.05, 0) is 25.7 Å². The van der Waals surface area contributed by atoms with Crippen molar-refractivity contribution in [1.82, 2.24) is 4.90 Å². The number of carbonyl (C=O) groups excluding carboxylic acids is 2. The van der Waals surface area contributed by atoms with Crippen LogP contribution in [-0.4, -0.2) is 35.2 Å². The second-order valence-corrected chi connectivity index (χ2v) is 5.30. The van der Waals surface area contributed by atoms with Crippen LogP contribution >= 0.6 is 0 Å². The first-order valence-corrected chi connectivity index (χ1v) is 6.75. The first-order chi connectivity index (χ1) is 8.18. The maximum absolute atomic E-state index is 12.0. The van der Waals surface area contributed by atoms with Crippen molar-refractivity contribution in [3.8, 4) is 0 Å². The summed E-state index contributed by atoms with van der Waals surface area (Å²) in [5, 5.41) is 0. The molecule has 1 atom stereocenters. The number of hydrogen-bond donors (Lipinski definition) is 1. The van der Waals surface area contributed by atoms with E-state index in [2.05, 4.69) is 4.90 Å². The Balaban J connectivity index is 2.07. The average Bonchev–Trinajstić information content (AvgIpc) is 2.80. The van der Waals surface area contributed by atoms with E-state index >= 15 is 0 Å². The van der Waals surface area contributed by atoms with Crippen LogP contribution < -0.4 is 5.73 Å². The van der Waals surface area contributed by atoms with Gasteiger partial charge in [-0.1, -0.05) is 19.3 Å². The predicted molar refractivity (Wildman–Crippen MR) is 65.4 cm³/mol. The second kappa shape index (κ2) is 5.63. The molecule has 17 heavy (non-hydrogen) atoms. The van der Waals surface area contributed by atoms with Crippen molar-refractivity contribution in [3.05, 3.63) is 0 Å². The van der Waals surface area contributed by atoms with E-state index < -0.39 is 0 Å². The van der Waals surface area contributed by atoms with Gasteiger partial charge in [-0.15, -0.1) is 0 Å². The topological polar surface area (TPSA) is 63.4 Å². The standard InChI is InChI=1S/C13H22N2O2/c14-13(17)9-15(10-5-1-2-6-10)11-7-3-4-8-12(11)16/h10-11H,1-9H2,(H2,14,17). The molecule has 0 bridgehead atoms. The third-order valence-electron chi connectivity index (χ3n) is 4.05. The number of amides is 1.